The molecule has 0 unspecified atom stereocenters. The Bertz CT molecular complexity index is 1110. The second-order valence-electron chi connectivity index (χ2n) is 6.27. The van der Waals surface area contributed by atoms with Gasteiger partial charge >= 0.3 is 6.18 Å². The monoisotopic (exact) mass is 411 g/mol. The van der Waals surface area contributed by atoms with Gasteiger partial charge in [0.25, 0.3) is 5.56 Å². The number of fused-ring (bicyclic) bond motifs is 1. The van der Waals surface area contributed by atoms with Gasteiger partial charge in [0, 0.05) is 31.0 Å². The summed E-state index contributed by atoms with van der Waals surface area (Å²) in [4.78, 5) is 12.8. The zero-order chi connectivity index (χ0) is 20.6. The Balaban J connectivity index is 2.48. The molecule has 0 bridgehead atoms. The summed E-state index contributed by atoms with van der Waals surface area (Å²) in [6.45, 7) is -0.322. The molecule has 2 aromatic carbocycles. The third-order valence-corrected chi connectivity index (χ3v) is 4.93. The van der Waals surface area contributed by atoms with Crippen LogP contribution < -0.4 is 10.3 Å². The average molecular weight is 412 g/mol. The van der Waals surface area contributed by atoms with Gasteiger partial charge in [0.15, 0.2) is 0 Å². The van der Waals surface area contributed by atoms with Crippen molar-refractivity contribution >= 4 is 22.5 Å². The SMILES string of the molecule is COc1cc(-c2c(CCO)c(=O)n(C)c3ccc(C(F)(F)F)cc23)ccc1Cl. The fraction of sp³-hybridized carbons (Fsp3) is 0.250. The highest BCUT2D eigenvalue weighted by Crippen LogP contribution is 2.38. The Hall–Kier alpha value is -2.51. The normalized spacial score (nSPS) is 11.8. The molecule has 0 amide bonds. The highest BCUT2D eigenvalue weighted by Gasteiger charge is 2.31. The molecule has 8 heteroatoms. The first-order chi connectivity index (χ1) is 13.2. The van der Waals surface area contributed by atoms with Gasteiger partial charge in [-0.05, 0) is 41.5 Å². The van der Waals surface area contributed by atoms with Crippen molar-refractivity contribution in [1.29, 1.82) is 0 Å². The quantitative estimate of drug-likeness (QED) is 0.691. The summed E-state index contributed by atoms with van der Waals surface area (Å²) in [7, 11) is 2.91. The number of nitrogens with zero attached hydrogens (tertiary/aromatic N) is 1. The molecule has 3 aromatic rings. The largest absolute Gasteiger partial charge is 0.495 e. The van der Waals surface area contributed by atoms with Crippen molar-refractivity contribution in [2.24, 2.45) is 7.05 Å². The Kier molecular flexibility index (Phi) is 5.41. The van der Waals surface area contributed by atoms with E-state index in [0.717, 1.165) is 12.1 Å². The lowest BCUT2D eigenvalue weighted by molar-refractivity contribution is -0.137. The van der Waals surface area contributed by atoms with Crippen LogP contribution in [-0.4, -0.2) is 23.4 Å². The predicted octanol–water partition coefficient (Wildman–Crippen LogP) is 4.42. The summed E-state index contributed by atoms with van der Waals surface area (Å²) < 4.78 is 46.4. The van der Waals surface area contributed by atoms with E-state index >= 15 is 0 Å². The first-order valence-electron chi connectivity index (χ1n) is 8.36. The van der Waals surface area contributed by atoms with Gasteiger partial charge in [0.05, 0.1) is 23.2 Å². The Morgan fingerprint density at radius 2 is 1.89 bits per heavy atom. The van der Waals surface area contributed by atoms with Crippen molar-refractivity contribution in [2.75, 3.05) is 13.7 Å². The average Bonchev–Trinajstić information content (AvgIpc) is 2.66. The summed E-state index contributed by atoms with van der Waals surface area (Å²) >= 11 is 6.06. The molecule has 4 nitrogen and oxygen atoms in total. The summed E-state index contributed by atoms with van der Waals surface area (Å²) in [5.41, 5.74) is 0.172. The van der Waals surface area contributed by atoms with E-state index in [0.29, 0.717) is 27.4 Å². The number of aliphatic hydroxyl groups excluding tert-OH is 1. The number of rotatable bonds is 4. The third kappa shape index (κ3) is 3.47. The van der Waals surface area contributed by atoms with Gasteiger partial charge < -0.3 is 14.4 Å². The smallest absolute Gasteiger partial charge is 0.416 e. The molecule has 0 aliphatic carbocycles. The van der Waals surface area contributed by atoms with E-state index in [-0.39, 0.29) is 29.5 Å². The number of hydrogen-bond acceptors (Lipinski definition) is 3. The Morgan fingerprint density at radius 3 is 2.50 bits per heavy atom. The van der Waals surface area contributed by atoms with E-state index < -0.39 is 11.7 Å². The molecular formula is C20H17ClF3NO3. The lowest BCUT2D eigenvalue weighted by Crippen LogP contribution is -2.24. The van der Waals surface area contributed by atoms with E-state index in [9.17, 15) is 23.1 Å². The number of hydrogen-bond donors (Lipinski definition) is 1. The molecule has 0 spiro atoms. The molecule has 28 heavy (non-hydrogen) atoms. The van der Waals surface area contributed by atoms with Gasteiger partial charge in [0.1, 0.15) is 5.75 Å². The Labute approximate surface area is 163 Å². The molecular weight excluding hydrogens is 395 g/mol. The molecule has 3 rings (SSSR count). The predicted molar refractivity (Wildman–Crippen MR) is 102 cm³/mol. The van der Waals surface area contributed by atoms with E-state index in [1.165, 1.54) is 24.8 Å². The van der Waals surface area contributed by atoms with Crippen LogP contribution in [0, 0.1) is 0 Å². The fourth-order valence-corrected chi connectivity index (χ4v) is 3.47. The molecule has 0 saturated carbocycles. The minimum absolute atomic E-state index is 0.000859. The van der Waals surface area contributed by atoms with E-state index in [2.05, 4.69) is 0 Å². The highest BCUT2D eigenvalue weighted by atomic mass is 35.5. The van der Waals surface area contributed by atoms with E-state index in [1.54, 1.807) is 18.2 Å². The van der Waals surface area contributed by atoms with Crippen molar-refractivity contribution in [3.8, 4) is 16.9 Å². The van der Waals surface area contributed by atoms with E-state index in [1.807, 2.05) is 0 Å². The number of alkyl halides is 3. The van der Waals surface area contributed by atoms with Gasteiger partial charge in [-0.3, -0.25) is 4.79 Å². The van der Waals surface area contributed by atoms with Crippen LogP contribution in [0.3, 0.4) is 0 Å². The minimum Gasteiger partial charge on any atom is -0.495 e. The number of methoxy groups -OCH3 is 1. The number of pyridine rings is 1. The van der Waals surface area contributed by atoms with Crippen LogP contribution in [0.1, 0.15) is 11.1 Å². The van der Waals surface area contributed by atoms with Crippen molar-refractivity contribution in [1.82, 2.24) is 4.57 Å². The van der Waals surface area contributed by atoms with Crippen LogP contribution in [0.15, 0.2) is 41.2 Å². The van der Waals surface area contributed by atoms with Gasteiger partial charge in [-0.25, -0.2) is 0 Å². The maximum atomic E-state index is 13.3. The highest BCUT2D eigenvalue weighted by molar-refractivity contribution is 6.32. The molecule has 0 saturated heterocycles. The lowest BCUT2D eigenvalue weighted by Gasteiger charge is -2.18. The van der Waals surface area contributed by atoms with Gasteiger partial charge in [0.2, 0.25) is 0 Å². The molecule has 1 heterocycles. The number of aliphatic hydroxyl groups is 1. The third-order valence-electron chi connectivity index (χ3n) is 4.62. The van der Waals surface area contributed by atoms with Crippen molar-refractivity contribution in [3.63, 3.8) is 0 Å². The number of aromatic nitrogens is 1. The second-order valence-corrected chi connectivity index (χ2v) is 6.68. The van der Waals surface area contributed by atoms with Crippen molar-refractivity contribution < 1.29 is 23.0 Å². The van der Waals surface area contributed by atoms with Crippen LogP contribution in [0.5, 0.6) is 5.75 Å². The minimum atomic E-state index is -4.53. The van der Waals surface area contributed by atoms with Gasteiger partial charge in [-0.15, -0.1) is 0 Å². The maximum Gasteiger partial charge on any atom is 0.416 e. The first-order valence-corrected chi connectivity index (χ1v) is 8.74. The number of ether oxygens (including phenoxy) is 1. The summed E-state index contributed by atoms with van der Waals surface area (Å²) in [5.74, 6) is 0.329. The fourth-order valence-electron chi connectivity index (χ4n) is 3.28. The zero-order valence-corrected chi connectivity index (χ0v) is 15.9. The summed E-state index contributed by atoms with van der Waals surface area (Å²) in [5, 5.41) is 10.0. The van der Waals surface area contributed by atoms with Crippen molar-refractivity contribution in [3.05, 3.63) is 62.9 Å². The molecule has 0 aliphatic rings. The number of aryl methyl sites for hydroxylation is 1. The van der Waals surface area contributed by atoms with Crippen LogP contribution in [-0.2, 0) is 19.6 Å². The van der Waals surface area contributed by atoms with Gasteiger partial charge in [-0.2, -0.15) is 13.2 Å². The van der Waals surface area contributed by atoms with Crippen molar-refractivity contribution in [2.45, 2.75) is 12.6 Å². The topological polar surface area (TPSA) is 51.5 Å². The van der Waals surface area contributed by atoms with Crippen LogP contribution in [0.25, 0.3) is 22.0 Å². The molecule has 148 valence electrons. The molecule has 1 N–H and O–H groups in total. The zero-order valence-electron chi connectivity index (χ0n) is 15.1. The standard InChI is InChI=1S/C20H17ClF3NO3/c1-25-16-6-4-12(20(22,23)24)10-14(16)18(13(7-8-26)19(25)27)11-3-5-15(21)17(9-11)28-2/h3-6,9-10,26H,7-8H2,1-2H3. The van der Waals surface area contributed by atoms with Crippen LogP contribution in [0.4, 0.5) is 13.2 Å². The second kappa shape index (κ2) is 7.48. The summed E-state index contributed by atoms with van der Waals surface area (Å²) in [6.07, 6.45) is -4.53. The molecule has 1 aromatic heterocycles. The Morgan fingerprint density at radius 1 is 1.18 bits per heavy atom. The molecule has 0 aliphatic heterocycles. The van der Waals surface area contributed by atoms with E-state index in [4.69, 9.17) is 16.3 Å². The maximum absolute atomic E-state index is 13.3. The number of halogens is 4. The molecule has 0 atom stereocenters. The van der Waals surface area contributed by atoms with Crippen LogP contribution >= 0.6 is 11.6 Å². The first kappa shape index (κ1) is 20.2. The molecule has 0 radical (unpaired) electrons. The summed E-state index contributed by atoms with van der Waals surface area (Å²) in [6, 6.07) is 7.97. The molecule has 0 fully saturated rings. The van der Waals surface area contributed by atoms with Gasteiger partial charge in [-0.1, -0.05) is 17.7 Å². The lowest BCUT2D eigenvalue weighted by atomic mass is 9.93. The number of benzene rings is 2. The van der Waals surface area contributed by atoms with Crippen LogP contribution in [0.2, 0.25) is 5.02 Å².